The van der Waals surface area contributed by atoms with Gasteiger partial charge in [0, 0.05) is 16.5 Å². The lowest BCUT2D eigenvalue weighted by atomic mass is 10.2. The van der Waals surface area contributed by atoms with Crippen LogP contribution in [0.1, 0.15) is 6.92 Å². The maximum absolute atomic E-state index is 5.95. The van der Waals surface area contributed by atoms with Gasteiger partial charge in [-0.05, 0) is 6.92 Å². The minimum atomic E-state index is 0.400. The Hall–Kier alpha value is -1.81. The van der Waals surface area contributed by atoms with Crippen LogP contribution in [0.2, 0.25) is 5.15 Å². The minimum Gasteiger partial charge on any atom is -0.305 e. The van der Waals surface area contributed by atoms with Crippen LogP contribution in [0.25, 0.3) is 10.8 Å². The summed E-state index contributed by atoms with van der Waals surface area (Å²) in [4.78, 5) is 0. The van der Waals surface area contributed by atoms with Crippen LogP contribution in [0, 0.1) is 0 Å². The molecule has 2 N–H and O–H groups in total. The summed E-state index contributed by atoms with van der Waals surface area (Å²) in [6.07, 6.45) is 0. The Labute approximate surface area is 98.3 Å². The molecule has 0 unspecified atom stereocenters. The van der Waals surface area contributed by atoms with Crippen molar-refractivity contribution >= 4 is 28.2 Å². The smallest absolute Gasteiger partial charge is 0.175 e. The number of rotatable bonds is 3. The molecule has 1 heterocycles. The molecule has 2 rings (SSSR count). The molecular weight excluding hydrogens is 224 g/mol. The molecule has 4 nitrogen and oxygen atoms in total. The fraction of sp³-hybridized carbons (Fsp3) is 0.0909. The second-order valence-electron chi connectivity index (χ2n) is 3.42. The number of hydrazine groups is 1. The van der Waals surface area contributed by atoms with E-state index in [-0.39, 0.29) is 0 Å². The summed E-state index contributed by atoms with van der Waals surface area (Å²) in [5.74, 6) is 0.628. The number of fused-ring (bicyclic) bond motifs is 1. The van der Waals surface area contributed by atoms with Crippen molar-refractivity contribution in [2.45, 2.75) is 6.92 Å². The number of nitrogens with zero attached hydrogens (tertiary/aromatic N) is 2. The molecular formula is C11H11ClN4. The van der Waals surface area contributed by atoms with Gasteiger partial charge in [-0.3, -0.25) is 5.43 Å². The molecule has 0 aliphatic heterocycles. The lowest BCUT2D eigenvalue weighted by molar-refractivity contribution is 0.930. The largest absolute Gasteiger partial charge is 0.305 e. The van der Waals surface area contributed by atoms with Crippen LogP contribution in [-0.4, -0.2) is 10.2 Å². The summed E-state index contributed by atoms with van der Waals surface area (Å²) < 4.78 is 0. The lowest BCUT2D eigenvalue weighted by Crippen LogP contribution is -2.19. The highest BCUT2D eigenvalue weighted by molar-refractivity contribution is 6.34. The van der Waals surface area contributed by atoms with E-state index in [1.54, 1.807) is 0 Å². The van der Waals surface area contributed by atoms with Crippen LogP contribution < -0.4 is 10.9 Å². The molecule has 0 spiro atoms. The van der Waals surface area contributed by atoms with Crippen LogP contribution in [-0.2, 0) is 0 Å². The van der Waals surface area contributed by atoms with Crippen molar-refractivity contribution in [1.29, 1.82) is 0 Å². The standard InChI is InChI=1S/C11H11ClN4/c1-7(2)13-15-11-9-6-4-3-5-8(9)10(12)14-16-11/h3-6,13H,1H2,2H3,(H,15,16). The molecule has 0 saturated heterocycles. The molecule has 16 heavy (non-hydrogen) atoms. The third-order valence-electron chi connectivity index (χ3n) is 2.04. The van der Waals surface area contributed by atoms with E-state index in [4.69, 9.17) is 11.6 Å². The van der Waals surface area contributed by atoms with Gasteiger partial charge in [0.25, 0.3) is 0 Å². The van der Waals surface area contributed by atoms with E-state index in [9.17, 15) is 0 Å². The Bertz CT molecular complexity index is 538. The summed E-state index contributed by atoms with van der Waals surface area (Å²) in [5, 5.41) is 10.0. The molecule has 2 aromatic rings. The molecule has 1 aromatic carbocycles. The number of halogens is 1. The monoisotopic (exact) mass is 234 g/mol. The Kier molecular flexibility index (Phi) is 2.92. The summed E-state index contributed by atoms with van der Waals surface area (Å²) in [6, 6.07) is 7.66. The van der Waals surface area contributed by atoms with Gasteiger partial charge in [0.15, 0.2) is 11.0 Å². The molecule has 0 aliphatic rings. The van der Waals surface area contributed by atoms with Crippen molar-refractivity contribution in [2.24, 2.45) is 0 Å². The number of benzene rings is 1. The average Bonchev–Trinajstić information content (AvgIpc) is 2.28. The predicted molar refractivity (Wildman–Crippen MR) is 66.1 cm³/mol. The Morgan fingerprint density at radius 1 is 1.25 bits per heavy atom. The van der Waals surface area contributed by atoms with E-state index >= 15 is 0 Å². The predicted octanol–water partition coefficient (Wildman–Crippen LogP) is 2.73. The highest BCUT2D eigenvalue weighted by atomic mass is 35.5. The molecule has 0 amide bonds. The maximum Gasteiger partial charge on any atom is 0.175 e. The fourth-order valence-corrected chi connectivity index (χ4v) is 1.53. The third kappa shape index (κ3) is 2.06. The van der Waals surface area contributed by atoms with Gasteiger partial charge in [0.1, 0.15) is 0 Å². The summed E-state index contributed by atoms with van der Waals surface area (Å²) in [6.45, 7) is 5.57. The van der Waals surface area contributed by atoms with Crippen LogP contribution in [0.3, 0.4) is 0 Å². The van der Waals surface area contributed by atoms with Crippen molar-refractivity contribution in [3.63, 3.8) is 0 Å². The Morgan fingerprint density at radius 3 is 2.62 bits per heavy atom. The first-order chi connectivity index (χ1) is 7.68. The van der Waals surface area contributed by atoms with E-state index < -0.39 is 0 Å². The molecule has 0 aliphatic carbocycles. The second-order valence-corrected chi connectivity index (χ2v) is 3.77. The molecule has 0 bridgehead atoms. The van der Waals surface area contributed by atoms with Crippen LogP contribution in [0.4, 0.5) is 5.82 Å². The fourth-order valence-electron chi connectivity index (χ4n) is 1.33. The van der Waals surface area contributed by atoms with Crippen LogP contribution in [0.15, 0.2) is 36.5 Å². The third-order valence-corrected chi connectivity index (χ3v) is 2.32. The molecule has 0 fully saturated rings. The van der Waals surface area contributed by atoms with Crippen molar-refractivity contribution < 1.29 is 0 Å². The summed E-state index contributed by atoms with van der Waals surface area (Å²) in [7, 11) is 0. The second kappa shape index (κ2) is 4.37. The molecule has 0 atom stereocenters. The van der Waals surface area contributed by atoms with Gasteiger partial charge in [-0.25, -0.2) is 0 Å². The van der Waals surface area contributed by atoms with Crippen molar-refractivity contribution in [3.8, 4) is 0 Å². The van der Waals surface area contributed by atoms with Crippen LogP contribution in [0.5, 0.6) is 0 Å². The Balaban J connectivity index is 2.46. The molecule has 0 radical (unpaired) electrons. The minimum absolute atomic E-state index is 0.400. The van der Waals surface area contributed by atoms with E-state index in [0.717, 1.165) is 16.5 Å². The number of anilines is 1. The van der Waals surface area contributed by atoms with Crippen LogP contribution >= 0.6 is 11.6 Å². The zero-order valence-electron chi connectivity index (χ0n) is 8.79. The van der Waals surface area contributed by atoms with Gasteiger partial charge in [0.05, 0.1) is 0 Å². The molecule has 0 saturated carbocycles. The SMILES string of the molecule is C=C(C)NNc1nnc(Cl)c2ccccc12. The maximum atomic E-state index is 5.95. The lowest BCUT2D eigenvalue weighted by Gasteiger charge is -2.10. The molecule has 5 heteroatoms. The normalized spacial score (nSPS) is 10.1. The quantitative estimate of drug-likeness (QED) is 0.802. The van der Waals surface area contributed by atoms with Crippen molar-refractivity contribution in [2.75, 3.05) is 5.43 Å². The summed E-state index contributed by atoms with van der Waals surface area (Å²) >= 11 is 5.95. The molecule has 82 valence electrons. The van der Waals surface area contributed by atoms with Gasteiger partial charge in [-0.1, -0.05) is 42.4 Å². The summed E-state index contributed by atoms with van der Waals surface area (Å²) in [5.41, 5.74) is 6.61. The number of hydrogen-bond acceptors (Lipinski definition) is 4. The number of allylic oxidation sites excluding steroid dienone is 1. The Morgan fingerprint density at radius 2 is 1.94 bits per heavy atom. The van der Waals surface area contributed by atoms with E-state index in [1.165, 1.54) is 0 Å². The zero-order valence-corrected chi connectivity index (χ0v) is 9.54. The highest BCUT2D eigenvalue weighted by Gasteiger charge is 2.06. The van der Waals surface area contributed by atoms with E-state index in [0.29, 0.717) is 11.0 Å². The zero-order chi connectivity index (χ0) is 11.5. The van der Waals surface area contributed by atoms with Crippen molar-refractivity contribution in [1.82, 2.24) is 15.6 Å². The average molecular weight is 235 g/mol. The van der Waals surface area contributed by atoms with E-state index in [2.05, 4.69) is 27.6 Å². The first-order valence-electron chi connectivity index (χ1n) is 4.77. The highest BCUT2D eigenvalue weighted by Crippen LogP contribution is 2.24. The first-order valence-corrected chi connectivity index (χ1v) is 5.15. The topological polar surface area (TPSA) is 49.8 Å². The number of aromatic nitrogens is 2. The van der Waals surface area contributed by atoms with Gasteiger partial charge < -0.3 is 5.43 Å². The van der Waals surface area contributed by atoms with Gasteiger partial charge >= 0.3 is 0 Å². The van der Waals surface area contributed by atoms with Crippen molar-refractivity contribution in [3.05, 3.63) is 41.7 Å². The first kappa shape index (κ1) is 10.7. The van der Waals surface area contributed by atoms with Gasteiger partial charge in [-0.15, -0.1) is 10.2 Å². The number of nitrogens with one attached hydrogen (secondary N) is 2. The molecule has 1 aromatic heterocycles. The van der Waals surface area contributed by atoms with Gasteiger partial charge in [-0.2, -0.15) is 0 Å². The van der Waals surface area contributed by atoms with Gasteiger partial charge in [0.2, 0.25) is 0 Å². The number of hydrogen-bond donors (Lipinski definition) is 2. The van der Waals surface area contributed by atoms with E-state index in [1.807, 2.05) is 31.2 Å².